The monoisotopic (exact) mass is 365 g/mol. The van der Waals surface area contributed by atoms with Crippen LogP contribution in [0.1, 0.15) is 6.92 Å². The van der Waals surface area contributed by atoms with Gasteiger partial charge in [0.15, 0.2) is 0 Å². The highest BCUT2D eigenvalue weighted by molar-refractivity contribution is 5.91. The van der Waals surface area contributed by atoms with E-state index in [4.69, 9.17) is 0 Å². The van der Waals surface area contributed by atoms with Crippen molar-refractivity contribution in [2.45, 2.75) is 19.1 Å². The maximum absolute atomic E-state index is 12.2. The molecule has 3 aromatic heterocycles. The summed E-state index contributed by atoms with van der Waals surface area (Å²) in [6.45, 7) is 0.0921. The number of nitrogens with zero attached hydrogens (tertiary/aromatic N) is 2. The molecule has 0 spiro atoms. The number of anilines is 1. The van der Waals surface area contributed by atoms with Crippen LogP contribution in [0.5, 0.6) is 0 Å². The topological polar surface area (TPSA) is 96.8 Å². The standard InChI is InChI=1S/C16H15F3N6O/c1-9(15(26)22-7-16(17,18)19)24-13-4-2-3-12(25-13)10-6-21-14-11(10)5-20-8-23-14/h2-6,8-9H,7H2,1H3,(H,22,26)(H,24,25)(H,20,21,23)/p+1/t9-/m0/s1. The van der Waals surface area contributed by atoms with Gasteiger partial charge in [-0.25, -0.2) is 9.97 Å². The molecule has 3 heterocycles. The number of carbonyl (C=O) groups excluding carboxylic acids is 1. The molecule has 7 nitrogen and oxygen atoms in total. The van der Waals surface area contributed by atoms with E-state index in [1.807, 2.05) is 5.32 Å². The summed E-state index contributed by atoms with van der Waals surface area (Å²) in [6, 6.07) is 4.29. The average Bonchev–Trinajstić information content (AvgIpc) is 3.03. The number of hydrogen-bond acceptors (Lipinski definition) is 4. The van der Waals surface area contributed by atoms with Crippen molar-refractivity contribution in [2.75, 3.05) is 11.9 Å². The molecular formula is C16H16F3N6O+. The normalized spacial score (nSPS) is 12.8. The molecule has 0 radical (unpaired) electrons. The summed E-state index contributed by atoms with van der Waals surface area (Å²) in [4.78, 5) is 26.3. The van der Waals surface area contributed by atoms with E-state index in [9.17, 15) is 18.0 Å². The van der Waals surface area contributed by atoms with Crippen LogP contribution in [-0.2, 0) is 4.79 Å². The summed E-state index contributed by atoms with van der Waals surface area (Å²) in [5.74, 6) is -0.389. The predicted octanol–water partition coefficient (Wildman–Crippen LogP) is 1.92. The summed E-state index contributed by atoms with van der Waals surface area (Å²) in [6.07, 6.45) is 0.642. The first-order chi connectivity index (χ1) is 12.3. The molecule has 0 aliphatic carbocycles. The second-order valence-electron chi connectivity index (χ2n) is 5.64. The molecule has 1 amide bonds. The van der Waals surface area contributed by atoms with Crippen molar-refractivity contribution in [3.05, 3.63) is 36.9 Å². The number of aromatic amines is 2. The Bertz CT molecular complexity index is 923. The number of alkyl halides is 3. The van der Waals surface area contributed by atoms with Gasteiger partial charge in [-0.2, -0.15) is 13.2 Å². The molecule has 0 aliphatic heterocycles. The Hall–Kier alpha value is -3.17. The summed E-state index contributed by atoms with van der Waals surface area (Å²) in [5, 5.41) is 5.48. The molecule has 1 atom stereocenters. The molecule has 3 rings (SSSR count). The molecule has 0 unspecified atom stereocenters. The van der Waals surface area contributed by atoms with E-state index < -0.39 is 24.7 Å². The van der Waals surface area contributed by atoms with Crippen molar-refractivity contribution in [3.8, 4) is 11.3 Å². The zero-order valence-electron chi connectivity index (χ0n) is 13.7. The van der Waals surface area contributed by atoms with Gasteiger partial charge in [-0.3, -0.25) is 4.79 Å². The number of fused-ring (bicyclic) bond motifs is 1. The molecule has 0 fully saturated rings. The SMILES string of the molecule is C[C@H](Nc1cccc(-c2c[nH]c3nc[nH+]cc23)n1)C(=O)NCC(F)(F)F. The second kappa shape index (κ2) is 6.98. The van der Waals surface area contributed by atoms with E-state index in [1.54, 1.807) is 36.9 Å². The van der Waals surface area contributed by atoms with Crippen LogP contribution in [0.3, 0.4) is 0 Å². The Morgan fingerprint density at radius 1 is 1.38 bits per heavy atom. The molecule has 0 aromatic carbocycles. The van der Waals surface area contributed by atoms with E-state index in [-0.39, 0.29) is 0 Å². The Morgan fingerprint density at radius 3 is 2.96 bits per heavy atom. The summed E-state index contributed by atoms with van der Waals surface area (Å²) >= 11 is 0. The molecule has 0 bridgehead atoms. The van der Waals surface area contributed by atoms with Crippen molar-refractivity contribution in [1.82, 2.24) is 20.3 Å². The van der Waals surface area contributed by atoms with Crippen LogP contribution in [-0.4, -0.2) is 39.6 Å². The summed E-state index contributed by atoms with van der Waals surface area (Å²) in [7, 11) is 0. The molecule has 3 aromatic rings. The zero-order chi connectivity index (χ0) is 18.7. The van der Waals surface area contributed by atoms with Gasteiger partial charge in [-0.1, -0.05) is 6.07 Å². The minimum Gasteiger partial charge on any atom is -0.359 e. The van der Waals surface area contributed by atoms with Gasteiger partial charge in [-0.15, -0.1) is 0 Å². The van der Waals surface area contributed by atoms with Crippen molar-refractivity contribution in [3.63, 3.8) is 0 Å². The van der Waals surface area contributed by atoms with Gasteiger partial charge < -0.3 is 15.6 Å². The van der Waals surface area contributed by atoms with Crippen LogP contribution in [0.15, 0.2) is 36.9 Å². The van der Waals surface area contributed by atoms with Gasteiger partial charge in [0, 0.05) is 11.8 Å². The average molecular weight is 365 g/mol. The first-order valence-electron chi connectivity index (χ1n) is 7.75. The maximum Gasteiger partial charge on any atom is 0.405 e. The van der Waals surface area contributed by atoms with Crippen molar-refractivity contribution in [2.24, 2.45) is 0 Å². The highest BCUT2D eigenvalue weighted by Crippen LogP contribution is 2.25. The lowest BCUT2D eigenvalue weighted by atomic mass is 10.1. The second-order valence-corrected chi connectivity index (χ2v) is 5.64. The van der Waals surface area contributed by atoms with Crippen LogP contribution in [0.4, 0.5) is 19.0 Å². The number of H-pyrrole nitrogens is 2. The fraction of sp³-hybridized carbons (Fsp3) is 0.250. The highest BCUT2D eigenvalue weighted by atomic mass is 19.4. The largest absolute Gasteiger partial charge is 0.405 e. The predicted molar refractivity (Wildman–Crippen MR) is 88.0 cm³/mol. The number of aromatic nitrogens is 4. The number of amides is 1. The highest BCUT2D eigenvalue weighted by Gasteiger charge is 2.28. The lowest BCUT2D eigenvalue weighted by Crippen LogP contribution is -2.42. The Balaban J connectivity index is 1.74. The van der Waals surface area contributed by atoms with Crippen LogP contribution >= 0.6 is 0 Å². The molecule has 10 heteroatoms. The van der Waals surface area contributed by atoms with Gasteiger partial charge in [0.25, 0.3) is 12.0 Å². The fourth-order valence-electron chi connectivity index (χ4n) is 2.40. The first-order valence-corrected chi connectivity index (χ1v) is 7.75. The van der Waals surface area contributed by atoms with Crippen molar-refractivity contribution in [1.29, 1.82) is 0 Å². The van der Waals surface area contributed by atoms with Gasteiger partial charge in [-0.05, 0) is 24.0 Å². The number of nitrogens with one attached hydrogen (secondary N) is 4. The zero-order valence-corrected chi connectivity index (χ0v) is 13.7. The number of rotatable bonds is 5. The molecule has 4 N–H and O–H groups in total. The summed E-state index contributed by atoms with van der Waals surface area (Å²) in [5.41, 5.74) is 2.13. The number of carbonyl (C=O) groups is 1. The van der Waals surface area contributed by atoms with E-state index in [0.717, 1.165) is 10.9 Å². The first kappa shape index (κ1) is 17.6. The van der Waals surface area contributed by atoms with Crippen LogP contribution in [0.25, 0.3) is 22.3 Å². The van der Waals surface area contributed by atoms with Gasteiger partial charge in [0.1, 0.15) is 24.6 Å². The quantitative estimate of drug-likeness (QED) is 0.644. The number of pyridine rings is 1. The van der Waals surface area contributed by atoms with Gasteiger partial charge in [0.2, 0.25) is 5.91 Å². The molecule has 136 valence electrons. The molecule has 0 saturated carbocycles. The third-order valence-corrected chi connectivity index (χ3v) is 3.64. The molecular weight excluding hydrogens is 349 g/mol. The van der Waals surface area contributed by atoms with Gasteiger partial charge in [0.05, 0.1) is 11.1 Å². The molecule has 0 saturated heterocycles. The lowest BCUT2D eigenvalue weighted by molar-refractivity contribution is -0.380. The Morgan fingerprint density at radius 2 is 2.19 bits per heavy atom. The minimum atomic E-state index is -4.45. The molecule has 0 aliphatic rings. The Labute approximate surface area is 146 Å². The van der Waals surface area contributed by atoms with Crippen LogP contribution < -0.4 is 15.6 Å². The van der Waals surface area contributed by atoms with Crippen molar-refractivity contribution >= 4 is 22.8 Å². The smallest absolute Gasteiger partial charge is 0.359 e. The van der Waals surface area contributed by atoms with E-state index in [0.29, 0.717) is 17.2 Å². The van der Waals surface area contributed by atoms with Crippen LogP contribution in [0.2, 0.25) is 0 Å². The minimum absolute atomic E-state index is 0.374. The van der Waals surface area contributed by atoms with Crippen LogP contribution in [0, 0.1) is 0 Å². The number of halogens is 3. The fourth-order valence-corrected chi connectivity index (χ4v) is 2.40. The third-order valence-electron chi connectivity index (χ3n) is 3.64. The van der Waals surface area contributed by atoms with E-state index in [2.05, 4.69) is 25.3 Å². The van der Waals surface area contributed by atoms with E-state index in [1.165, 1.54) is 6.92 Å². The van der Waals surface area contributed by atoms with E-state index >= 15 is 0 Å². The Kier molecular flexibility index (Phi) is 4.74. The maximum atomic E-state index is 12.2. The third kappa shape index (κ3) is 4.08. The number of hydrogen-bond donors (Lipinski definition) is 3. The van der Waals surface area contributed by atoms with Crippen molar-refractivity contribution < 1.29 is 22.9 Å². The van der Waals surface area contributed by atoms with Gasteiger partial charge >= 0.3 is 6.18 Å². The molecule has 26 heavy (non-hydrogen) atoms. The lowest BCUT2D eigenvalue weighted by Gasteiger charge is -2.16. The summed E-state index contributed by atoms with van der Waals surface area (Å²) < 4.78 is 36.6.